The molecular formula is C37H46ClN7O3. The minimum absolute atomic E-state index is 0.331. The van der Waals surface area contributed by atoms with Gasteiger partial charge in [0.2, 0.25) is 5.95 Å². The van der Waals surface area contributed by atoms with Crippen LogP contribution in [0.1, 0.15) is 61.9 Å². The Labute approximate surface area is 288 Å². The average Bonchev–Trinajstić information content (AvgIpc) is 3.11. The SMILES string of the molecule is CC(C)(c1ccc(OCc2ccnc(N3CCN(C4CCN(CC5CCN(C(=O)O)CC5)CC4)CC3)n2)cc1)c1cc(Cl)cc(C#N)c1. The lowest BCUT2D eigenvalue weighted by molar-refractivity contribution is 0.0796. The fraction of sp³-hybridized carbons (Fsp3) is 0.514. The molecule has 11 heteroatoms. The first-order chi connectivity index (χ1) is 23.2. The predicted octanol–water partition coefficient (Wildman–Crippen LogP) is 5.88. The van der Waals surface area contributed by atoms with Crippen molar-refractivity contribution in [2.24, 2.45) is 5.92 Å². The van der Waals surface area contributed by atoms with Gasteiger partial charge in [0.15, 0.2) is 0 Å². The van der Waals surface area contributed by atoms with Crippen LogP contribution < -0.4 is 9.64 Å². The summed E-state index contributed by atoms with van der Waals surface area (Å²) in [5, 5.41) is 19.1. The number of halogens is 1. The van der Waals surface area contributed by atoms with Gasteiger partial charge in [-0.1, -0.05) is 37.6 Å². The maximum atomic E-state index is 11.2. The topological polar surface area (TPSA) is 109 Å². The number of carboxylic acid groups (broad SMARTS) is 1. The predicted molar refractivity (Wildman–Crippen MR) is 187 cm³/mol. The number of amides is 1. The molecule has 3 aliphatic heterocycles. The summed E-state index contributed by atoms with van der Waals surface area (Å²) in [6.07, 6.45) is 5.38. The lowest BCUT2D eigenvalue weighted by atomic mass is 9.78. The highest BCUT2D eigenvalue weighted by Gasteiger charge is 2.30. The number of nitrogens with zero attached hydrogens (tertiary/aromatic N) is 7. The van der Waals surface area contributed by atoms with E-state index in [1.165, 1.54) is 12.8 Å². The number of hydrogen-bond acceptors (Lipinski definition) is 8. The second-order valence-electron chi connectivity index (χ2n) is 13.9. The van der Waals surface area contributed by atoms with Crippen molar-refractivity contribution in [3.63, 3.8) is 0 Å². The molecule has 4 heterocycles. The average molecular weight is 672 g/mol. The summed E-state index contributed by atoms with van der Waals surface area (Å²) >= 11 is 6.28. The molecule has 0 saturated carbocycles. The zero-order valence-corrected chi connectivity index (χ0v) is 28.8. The number of anilines is 1. The Morgan fingerprint density at radius 2 is 1.67 bits per heavy atom. The number of carbonyl (C=O) groups is 1. The number of nitriles is 1. The third-order valence-corrected chi connectivity index (χ3v) is 10.7. The Hall–Kier alpha value is -3.91. The van der Waals surface area contributed by atoms with E-state index in [1.54, 1.807) is 11.0 Å². The van der Waals surface area contributed by atoms with Gasteiger partial charge in [-0.25, -0.2) is 14.8 Å². The summed E-state index contributed by atoms with van der Waals surface area (Å²) in [4.78, 5) is 29.7. The van der Waals surface area contributed by atoms with Crippen molar-refractivity contribution in [3.05, 3.63) is 82.1 Å². The third-order valence-electron chi connectivity index (χ3n) is 10.5. The lowest BCUT2D eigenvalue weighted by Gasteiger charge is -2.43. The van der Waals surface area contributed by atoms with Crippen molar-refractivity contribution in [3.8, 4) is 11.8 Å². The van der Waals surface area contributed by atoms with Gasteiger partial charge in [-0.3, -0.25) is 4.90 Å². The van der Waals surface area contributed by atoms with Crippen molar-refractivity contribution in [1.29, 1.82) is 5.26 Å². The zero-order valence-electron chi connectivity index (χ0n) is 28.0. The largest absolute Gasteiger partial charge is 0.487 e. The molecule has 0 bridgehead atoms. The summed E-state index contributed by atoms with van der Waals surface area (Å²) in [7, 11) is 0. The first-order valence-electron chi connectivity index (χ1n) is 17.1. The van der Waals surface area contributed by atoms with Crippen LogP contribution in [-0.4, -0.2) is 101 Å². The van der Waals surface area contributed by atoms with Crippen LogP contribution in [-0.2, 0) is 12.0 Å². The van der Waals surface area contributed by atoms with Crippen LogP contribution in [0.2, 0.25) is 5.02 Å². The first kappa shape index (κ1) is 34.0. The van der Waals surface area contributed by atoms with E-state index in [0.29, 0.717) is 42.2 Å². The highest BCUT2D eigenvalue weighted by atomic mass is 35.5. The van der Waals surface area contributed by atoms with Gasteiger partial charge in [-0.2, -0.15) is 5.26 Å². The van der Waals surface area contributed by atoms with E-state index in [2.05, 4.69) is 51.7 Å². The molecular weight excluding hydrogens is 626 g/mol. The minimum Gasteiger partial charge on any atom is -0.487 e. The number of benzene rings is 2. The summed E-state index contributed by atoms with van der Waals surface area (Å²) in [5.41, 5.74) is 3.16. The number of likely N-dealkylation sites (tertiary alicyclic amines) is 2. The fourth-order valence-corrected chi connectivity index (χ4v) is 7.59. The molecule has 0 radical (unpaired) electrons. The maximum absolute atomic E-state index is 11.2. The van der Waals surface area contributed by atoms with Gasteiger partial charge in [0.1, 0.15) is 12.4 Å². The number of rotatable bonds is 9. The van der Waals surface area contributed by atoms with Gasteiger partial charge in [-0.05, 0) is 92.2 Å². The normalized spacial score (nSPS) is 18.9. The maximum Gasteiger partial charge on any atom is 0.407 e. The Balaban J connectivity index is 0.950. The molecule has 0 atom stereocenters. The molecule has 3 fully saturated rings. The van der Waals surface area contributed by atoms with Crippen LogP contribution in [0.15, 0.2) is 54.7 Å². The van der Waals surface area contributed by atoms with Gasteiger partial charge in [0.25, 0.3) is 0 Å². The molecule has 0 unspecified atom stereocenters. The minimum atomic E-state index is -0.783. The molecule has 3 aromatic rings. The van der Waals surface area contributed by atoms with Crippen LogP contribution in [0.25, 0.3) is 0 Å². The smallest absolute Gasteiger partial charge is 0.407 e. The number of piperidine rings is 2. The number of ether oxygens (including phenoxy) is 1. The Kier molecular flexibility index (Phi) is 10.7. The van der Waals surface area contributed by atoms with E-state index in [9.17, 15) is 15.2 Å². The number of aromatic nitrogens is 2. The highest BCUT2D eigenvalue weighted by Crippen LogP contribution is 2.34. The second-order valence-corrected chi connectivity index (χ2v) is 14.3. The van der Waals surface area contributed by atoms with Crippen LogP contribution in [0.4, 0.5) is 10.7 Å². The molecule has 10 nitrogen and oxygen atoms in total. The van der Waals surface area contributed by atoms with Gasteiger partial charge in [0, 0.05) is 68.5 Å². The Morgan fingerprint density at radius 1 is 0.958 bits per heavy atom. The molecule has 254 valence electrons. The van der Waals surface area contributed by atoms with Crippen molar-refractivity contribution in [2.75, 3.05) is 63.8 Å². The molecule has 1 amide bonds. The van der Waals surface area contributed by atoms with Crippen molar-refractivity contribution >= 4 is 23.6 Å². The third kappa shape index (κ3) is 8.20. The van der Waals surface area contributed by atoms with Crippen molar-refractivity contribution < 1.29 is 14.6 Å². The molecule has 48 heavy (non-hydrogen) atoms. The van der Waals surface area contributed by atoms with Gasteiger partial charge in [-0.15, -0.1) is 0 Å². The number of hydrogen-bond donors (Lipinski definition) is 1. The first-order valence-corrected chi connectivity index (χ1v) is 17.5. The van der Waals surface area contributed by atoms with Crippen molar-refractivity contribution in [1.82, 2.24) is 24.7 Å². The zero-order chi connectivity index (χ0) is 33.7. The summed E-state index contributed by atoms with van der Waals surface area (Å²) < 4.78 is 6.12. The van der Waals surface area contributed by atoms with E-state index in [4.69, 9.17) is 21.3 Å². The standard InChI is InChI=1S/C37H46ClN7O3/c1-37(2,30-21-28(24-39)22-31(38)23-30)29-3-5-34(6-4-29)48-26-32-7-12-40-35(41-32)44-19-17-43(18-20-44)33-10-13-42(14-11-33)25-27-8-15-45(16-9-27)36(46)47/h3-7,12,21-23,27,33H,8-11,13-20,25-26H2,1-2H3,(H,46,47). The molecule has 0 spiro atoms. The van der Waals surface area contributed by atoms with E-state index in [1.807, 2.05) is 36.5 Å². The molecule has 3 saturated heterocycles. The molecule has 1 N–H and O–H groups in total. The van der Waals surface area contributed by atoms with Crippen LogP contribution in [0.5, 0.6) is 5.75 Å². The quantitative estimate of drug-likeness (QED) is 0.298. The molecule has 0 aliphatic carbocycles. The van der Waals surface area contributed by atoms with E-state index < -0.39 is 6.09 Å². The molecule has 2 aromatic carbocycles. The van der Waals surface area contributed by atoms with Crippen LogP contribution >= 0.6 is 11.6 Å². The van der Waals surface area contributed by atoms with Crippen LogP contribution in [0.3, 0.4) is 0 Å². The summed E-state index contributed by atoms with van der Waals surface area (Å²) in [6, 6.07) is 18.3. The Morgan fingerprint density at radius 3 is 2.33 bits per heavy atom. The monoisotopic (exact) mass is 671 g/mol. The van der Waals surface area contributed by atoms with Crippen LogP contribution in [0, 0.1) is 17.2 Å². The van der Waals surface area contributed by atoms with Crippen molar-refractivity contribution in [2.45, 2.75) is 57.6 Å². The van der Waals surface area contributed by atoms with Gasteiger partial charge >= 0.3 is 6.09 Å². The van der Waals surface area contributed by atoms with E-state index in [0.717, 1.165) is 87.2 Å². The molecule has 6 rings (SSSR count). The molecule has 1 aromatic heterocycles. The second kappa shape index (κ2) is 15.1. The van der Waals surface area contributed by atoms with E-state index in [-0.39, 0.29) is 5.41 Å². The van der Waals surface area contributed by atoms with Gasteiger partial charge < -0.3 is 24.5 Å². The highest BCUT2D eigenvalue weighted by molar-refractivity contribution is 6.30. The Bertz CT molecular complexity index is 1590. The van der Waals surface area contributed by atoms with Gasteiger partial charge in [0.05, 0.1) is 17.3 Å². The fourth-order valence-electron chi connectivity index (χ4n) is 7.35. The van der Waals surface area contributed by atoms with E-state index >= 15 is 0 Å². The summed E-state index contributed by atoms with van der Waals surface area (Å²) in [5.74, 6) is 2.14. The summed E-state index contributed by atoms with van der Waals surface area (Å²) in [6.45, 7) is 13.1. The molecule has 3 aliphatic rings. The number of piperazine rings is 1. The lowest BCUT2D eigenvalue weighted by Crippen LogP contribution is -2.54.